The van der Waals surface area contributed by atoms with Crippen LogP contribution in [0.2, 0.25) is 0 Å². The molecule has 7 bridgehead atoms. The molecule has 4 heteroatoms. The molecule has 0 amide bonds. The number of rotatable bonds is 1. The Morgan fingerprint density at radius 1 is 1.31 bits per heavy atom. The summed E-state index contributed by atoms with van der Waals surface area (Å²) >= 11 is 0. The van der Waals surface area contributed by atoms with Gasteiger partial charge in [0.25, 0.3) is 0 Å². The Labute approximate surface area is 155 Å². The van der Waals surface area contributed by atoms with E-state index in [0.29, 0.717) is 24.3 Å². The van der Waals surface area contributed by atoms with Crippen molar-refractivity contribution in [3.05, 3.63) is 12.2 Å². The first kappa shape index (κ1) is 16.3. The van der Waals surface area contributed by atoms with Crippen molar-refractivity contribution in [3.63, 3.8) is 0 Å². The number of hydrogen-bond acceptors (Lipinski definition) is 4. The van der Waals surface area contributed by atoms with Crippen molar-refractivity contribution in [2.75, 3.05) is 13.1 Å². The molecular weight excluding hydrogens is 326 g/mol. The lowest BCUT2D eigenvalue weighted by molar-refractivity contribution is -0.211. The Hall–Kier alpha value is -0.710. The van der Waals surface area contributed by atoms with Gasteiger partial charge in [0, 0.05) is 35.8 Å². The fourth-order valence-corrected chi connectivity index (χ4v) is 9.75. The number of piperidine rings is 1. The highest BCUT2D eigenvalue weighted by Gasteiger charge is 2.85. The maximum absolute atomic E-state index is 13.0. The zero-order chi connectivity index (χ0) is 18.2. The lowest BCUT2D eigenvalue weighted by Gasteiger charge is -2.65. The van der Waals surface area contributed by atoms with E-state index in [9.17, 15) is 15.0 Å². The van der Waals surface area contributed by atoms with Gasteiger partial charge in [0.2, 0.25) is 0 Å². The Bertz CT molecular complexity index is 735. The smallest absolute Gasteiger partial charge is 0.140 e. The highest BCUT2D eigenvalue weighted by atomic mass is 16.3. The second kappa shape index (κ2) is 4.47. The minimum atomic E-state index is -0.561. The van der Waals surface area contributed by atoms with Crippen molar-refractivity contribution in [3.8, 4) is 0 Å². The van der Waals surface area contributed by atoms with Crippen molar-refractivity contribution >= 4 is 5.78 Å². The van der Waals surface area contributed by atoms with Crippen LogP contribution in [0.5, 0.6) is 0 Å². The van der Waals surface area contributed by atoms with Gasteiger partial charge < -0.3 is 10.2 Å². The Balaban J connectivity index is 1.62. The van der Waals surface area contributed by atoms with E-state index in [4.69, 9.17) is 0 Å². The molecule has 4 nitrogen and oxygen atoms in total. The lowest BCUT2D eigenvalue weighted by Crippen LogP contribution is -2.68. The summed E-state index contributed by atoms with van der Waals surface area (Å²) in [6, 6.07) is 0.331. The number of likely N-dealkylation sites (tertiary alicyclic amines) is 1. The number of Topliss-reactive ketones (excluding diaryl/α,β-unsaturated/α-hetero) is 1. The van der Waals surface area contributed by atoms with Crippen molar-refractivity contribution in [2.24, 2.45) is 39.9 Å². The van der Waals surface area contributed by atoms with Crippen molar-refractivity contribution in [1.82, 2.24) is 4.90 Å². The van der Waals surface area contributed by atoms with E-state index in [1.165, 1.54) is 0 Å². The molecule has 1 aliphatic heterocycles. The van der Waals surface area contributed by atoms with Gasteiger partial charge in [0.05, 0.1) is 12.2 Å². The van der Waals surface area contributed by atoms with Crippen molar-refractivity contribution in [1.29, 1.82) is 0 Å². The quantitative estimate of drug-likeness (QED) is 0.705. The molecule has 0 aromatic heterocycles. The third-order valence-corrected chi connectivity index (χ3v) is 10.4. The minimum Gasteiger partial charge on any atom is -0.392 e. The normalized spacial score (nSPS) is 62.7. The van der Waals surface area contributed by atoms with Crippen LogP contribution in [0.3, 0.4) is 0 Å². The van der Waals surface area contributed by atoms with Gasteiger partial charge >= 0.3 is 0 Å². The predicted octanol–water partition coefficient (Wildman–Crippen LogP) is 2.00. The standard InChI is InChI=1S/C22H31NO3/c1-4-23-10-20(3)6-5-17(25)22-15(20)7-13(18(22)23)21-9-12(11(2)19(21)26)14(24)8-16(21)22/h12-13,15-19,25-26H,2,4-10H2,1,3H3/t12-,13-,15+,16+,17-,18-,19+,20-,21-,22-/m0/s1. The summed E-state index contributed by atoms with van der Waals surface area (Å²) < 4.78 is 0. The van der Waals surface area contributed by atoms with E-state index in [2.05, 4.69) is 25.3 Å². The second-order valence-corrected chi connectivity index (χ2v) is 10.7. The molecular formula is C22H31NO3. The van der Waals surface area contributed by atoms with Crippen LogP contribution in [0, 0.1) is 39.9 Å². The average Bonchev–Trinajstić information content (AvgIpc) is 3.14. The van der Waals surface area contributed by atoms with Gasteiger partial charge in [-0.15, -0.1) is 0 Å². The number of aliphatic hydroxyl groups excluding tert-OH is 2. The van der Waals surface area contributed by atoms with Crippen molar-refractivity contribution < 1.29 is 15.0 Å². The third-order valence-electron chi connectivity index (χ3n) is 10.4. The first-order valence-electron chi connectivity index (χ1n) is 10.6. The van der Waals surface area contributed by atoms with Gasteiger partial charge in [-0.25, -0.2) is 0 Å². The highest BCUT2D eigenvalue weighted by molar-refractivity contribution is 5.87. The molecule has 5 saturated carbocycles. The summed E-state index contributed by atoms with van der Waals surface area (Å²) in [7, 11) is 0. The maximum Gasteiger partial charge on any atom is 0.140 e. The van der Waals surface area contributed by atoms with Gasteiger partial charge in [-0.1, -0.05) is 20.4 Å². The van der Waals surface area contributed by atoms with Gasteiger partial charge in [-0.2, -0.15) is 0 Å². The molecule has 0 aromatic carbocycles. The van der Waals surface area contributed by atoms with Crippen LogP contribution in [0.1, 0.15) is 46.0 Å². The maximum atomic E-state index is 13.0. The first-order chi connectivity index (χ1) is 12.3. The van der Waals surface area contributed by atoms with E-state index in [0.717, 1.165) is 44.3 Å². The van der Waals surface area contributed by atoms with Gasteiger partial charge in [-0.05, 0) is 61.0 Å². The third kappa shape index (κ3) is 1.33. The lowest BCUT2D eigenvalue weighted by atomic mass is 9.43. The fraction of sp³-hybridized carbons (Fsp3) is 0.864. The SMILES string of the molecule is C=C1[C@@H]2C[C@@]3([C@@H]1O)[C@@H](CC2=O)[C@@]12[C@@H]4[C@@H]3C[C@@H]1[C@@](C)(CC[C@@H]2O)CN4CC. The topological polar surface area (TPSA) is 60.8 Å². The average molecular weight is 357 g/mol. The molecule has 10 atom stereocenters. The number of ketones is 1. The molecule has 6 fully saturated rings. The summed E-state index contributed by atoms with van der Waals surface area (Å²) in [5.74, 6) is 1.16. The molecule has 1 saturated heterocycles. The van der Waals surface area contributed by atoms with Crippen LogP contribution in [0.4, 0.5) is 0 Å². The van der Waals surface area contributed by atoms with Gasteiger partial charge in [0.1, 0.15) is 5.78 Å². The number of fused-ring (bicyclic) bond motifs is 1. The number of hydrogen-bond donors (Lipinski definition) is 2. The summed E-state index contributed by atoms with van der Waals surface area (Å²) in [6.07, 6.45) is 3.50. The summed E-state index contributed by atoms with van der Waals surface area (Å²) in [6.45, 7) is 10.9. The monoisotopic (exact) mass is 357 g/mol. The van der Waals surface area contributed by atoms with E-state index >= 15 is 0 Å². The van der Waals surface area contributed by atoms with Crippen LogP contribution in [0.25, 0.3) is 0 Å². The predicted molar refractivity (Wildman–Crippen MR) is 97.2 cm³/mol. The zero-order valence-corrected chi connectivity index (χ0v) is 15.9. The molecule has 1 heterocycles. The molecule has 6 rings (SSSR count). The Kier molecular flexibility index (Phi) is 2.80. The van der Waals surface area contributed by atoms with Crippen molar-refractivity contribution in [2.45, 2.75) is 64.2 Å². The van der Waals surface area contributed by atoms with E-state index in [1.54, 1.807) is 0 Å². The summed E-state index contributed by atoms with van der Waals surface area (Å²) in [5.41, 5.74) is 0.598. The van der Waals surface area contributed by atoms with Crippen LogP contribution < -0.4 is 0 Å². The number of nitrogens with zero attached hydrogens (tertiary/aromatic N) is 1. The molecule has 26 heavy (non-hydrogen) atoms. The second-order valence-electron chi connectivity index (χ2n) is 10.7. The summed E-state index contributed by atoms with van der Waals surface area (Å²) in [4.78, 5) is 15.6. The highest BCUT2D eigenvalue weighted by Crippen LogP contribution is 2.83. The molecule has 142 valence electrons. The first-order valence-corrected chi connectivity index (χ1v) is 10.6. The molecule has 0 unspecified atom stereocenters. The van der Waals surface area contributed by atoms with Crippen LogP contribution in [-0.4, -0.2) is 52.2 Å². The largest absolute Gasteiger partial charge is 0.392 e. The minimum absolute atomic E-state index is 0.130. The number of carbonyl (C=O) groups is 1. The van der Waals surface area contributed by atoms with Crippen LogP contribution in [0.15, 0.2) is 12.2 Å². The van der Waals surface area contributed by atoms with E-state index in [-0.39, 0.29) is 40.0 Å². The van der Waals surface area contributed by atoms with E-state index in [1.807, 2.05) is 0 Å². The molecule has 2 spiro atoms. The van der Waals surface area contributed by atoms with Crippen LogP contribution in [-0.2, 0) is 4.79 Å². The number of carbonyl (C=O) groups excluding carboxylic acids is 1. The number of aliphatic hydroxyl groups is 2. The fourth-order valence-electron chi connectivity index (χ4n) is 9.75. The van der Waals surface area contributed by atoms with Gasteiger partial charge in [0.15, 0.2) is 0 Å². The van der Waals surface area contributed by atoms with Crippen LogP contribution >= 0.6 is 0 Å². The Morgan fingerprint density at radius 2 is 2.08 bits per heavy atom. The molecule has 0 radical (unpaired) electrons. The molecule has 5 aliphatic carbocycles. The molecule has 6 aliphatic rings. The summed E-state index contributed by atoms with van der Waals surface area (Å²) in [5, 5.41) is 22.8. The molecule has 0 aromatic rings. The molecule has 2 N–H and O–H groups in total. The van der Waals surface area contributed by atoms with Gasteiger partial charge in [-0.3, -0.25) is 9.69 Å². The Morgan fingerprint density at radius 3 is 2.81 bits per heavy atom. The van der Waals surface area contributed by atoms with E-state index < -0.39 is 6.10 Å². The zero-order valence-electron chi connectivity index (χ0n) is 15.9.